The number of hydrogen-bond acceptors (Lipinski definition) is 5. The number of carbonyl (C=O) groups excluding carboxylic acids is 2. The molecular weight excluding hydrogens is 295 g/mol. The first-order chi connectivity index (χ1) is 10.5. The molecule has 0 bridgehead atoms. The number of nitrogens with zero attached hydrogens (tertiary/aromatic N) is 1. The maximum Gasteiger partial charge on any atom is 0.414 e. The van der Waals surface area contributed by atoms with Crippen LogP contribution in [0, 0.1) is 5.82 Å². The van der Waals surface area contributed by atoms with E-state index in [1.54, 1.807) is 0 Å². The first kappa shape index (κ1) is 16.0. The van der Waals surface area contributed by atoms with Crippen molar-refractivity contribution < 1.29 is 28.6 Å². The number of carbonyl (C=O) groups is 2. The molecular formula is C14H17FN2O5. The Morgan fingerprint density at radius 3 is 3.00 bits per heavy atom. The van der Waals surface area contributed by atoms with Crippen LogP contribution in [0.15, 0.2) is 18.2 Å². The summed E-state index contributed by atoms with van der Waals surface area (Å²) in [6, 6.07) is 4.07. The van der Waals surface area contributed by atoms with Gasteiger partial charge in [0.05, 0.1) is 25.4 Å². The number of aliphatic hydroxyl groups excluding tert-OH is 1. The van der Waals surface area contributed by atoms with Gasteiger partial charge in [0.25, 0.3) is 0 Å². The number of nitrogens with one attached hydrogen (secondary N) is 1. The van der Waals surface area contributed by atoms with Crippen LogP contribution in [0.5, 0.6) is 5.75 Å². The lowest BCUT2D eigenvalue weighted by Gasteiger charge is -2.14. The Balaban J connectivity index is 2.03. The average Bonchev–Trinajstić information content (AvgIpc) is 2.85. The molecule has 1 aliphatic rings. The zero-order valence-electron chi connectivity index (χ0n) is 12.0. The zero-order valence-corrected chi connectivity index (χ0v) is 12.0. The second-order valence-corrected chi connectivity index (χ2v) is 4.74. The molecule has 1 fully saturated rings. The van der Waals surface area contributed by atoms with Crippen LogP contribution in [0.25, 0.3) is 0 Å². The van der Waals surface area contributed by atoms with Gasteiger partial charge in [-0.3, -0.25) is 9.69 Å². The van der Waals surface area contributed by atoms with Gasteiger partial charge in [0.15, 0.2) is 11.6 Å². The quantitative estimate of drug-likeness (QED) is 0.805. The monoisotopic (exact) mass is 312 g/mol. The fraction of sp³-hybridized carbons (Fsp3) is 0.429. The van der Waals surface area contributed by atoms with Crippen molar-refractivity contribution in [3.8, 4) is 5.75 Å². The molecule has 1 saturated heterocycles. The molecule has 22 heavy (non-hydrogen) atoms. The largest absolute Gasteiger partial charge is 0.488 e. The molecule has 1 heterocycles. The first-order valence-electron chi connectivity index (χ1n) is 6.77. The third-order valence-electron chi connectivity index (χ3n) is 3.03. The van der Waals surface area contributed by atoms with Crippen LogP contribution in [-0.2, 0) is 9.53 Å². The minimum atomic E-state index is -0.635. The van der Waals surface area contributed by atoms with Crippen molar-refractivity contribution in [3.05, 3.63) is 24.0 Å². The van der Waals surface area contributed by atoms with E-state index in [0.717, 1.165) is 6.07 Å². The normalized spacial score (nSPS) is 17.3. The van der Waals surface area contributed by atoms with E-state index in [9.17, 15) is 14.0 Å². The van der Waals surface area contributed by atoms with Crippen LogP contribution in [0.4, 0.5) is 14.9 Å². The molecule has 1 aromatic rings. The fourth-order valence-electron chi connectivity index (χ4n) is 2.03. The predicted molar refractivity (Wildman–Crippen MR) is 75.3 cm³/mol. The number of ether oxygens (including phenoxy) is 2. The summed E-state index contributed by atoms with van der Waals surface area (Å²) in [6.07, 6.45) is -1.08. The van der Waals surface area contributed by atoms with Gasteiger partial charge >= 0.3 is 6.09 Å². The maximum atomic E-state index is 13.9. The number of amides is 2. The van der Waals surface area contributed by atoms with Crippen molar-refractivity contribution >= 4 is 17.7 Å². The van der Waals surface area contributed by atoms with Crippen molar-refractivity contribution in [3.63, 3.8) is 0 Å². The highest BCUT2D eigenvalue weighted by atomic mass is 19.1. The summed E-state index contributed by atoms with van der Waals surface area (Å²) in [6.45, 7) is 1.56. The lowest BCUT2D eigenvalue weighted by Crippen LogP contribution is -2.33. The van der Waals surface area contributed by atoms with Crippen LogP contribution < -0.4 is 15.0 Å². The minimum absolute atomic E-state index is 0.000149. The number of anilines is 1. The van der Waals surface area contributed by atoms with Gasteiger partial charge in [-0.15, -0.1) is 0 Å². The molecule has 0 aliphatic carbocycles. The van der Waals surface area contributed by atoms with E-state index in [4.69, 9.17) is 14.6 Å². The molecule has 0 saturated carbocycles. The summed E-state index contributed by atoms with van der Waals surface area (Å²) in [5.74, 6) is -0.852. The van der Waals surface area contributed by atoms with Crippen molar-refractivity contribution in [2.45, 2.75) is 13.0 Å². The van der Waals surface area contributed by atoms with E-state index in [0.29, 0.717) is 5.69 Å². The fourth-order valence-corrected chi connectivity index (χ4v) is 2.03. The van der Waals surface area contributed by atoms with Crippen LogP contribution >= 0.6 is 0 Å². The number of rotatable bonds is 6. The third-order valence-corrected chi connectivity index (χ3v) is 3.03. The molecule has 8 heteroatoms. The van der Waals surface area contributed by atoms with E-state index in [2.05, 4.69) is 5.32 Å². The Bertz CT molecular complexity index is 566. The van der Waals surface area contributed by atoms with Gasteiger partial charge in [-0.05, 0) is 12.1 Å². The molecule has 0 aromatic heterocycles. The molecule has 0 spiro atoms. The minimum Gasteiger partial charge on any atom is -0.488 e. The summed E-state index contributed by atoms with van der Waals surface area (Å²) in [7, 11) is 0. The average molecular weight is 312 g/mol. The number of benzene rings is 1. The summed E-state index contributed by atoms with van der Waals surface area (Å²) in [5, 5.41) is 11.2. The highest BCUT2D eigenvalue weighted by Gasteiger charge is 2.32. The topological polar surface area (TPSA) is 88.1 Å². The van der Waals surface area contributed by atoms with E-state index in [-0.39, 0.29) is 38.0 Å². The summed E-state index contributed by atoms with van der Waals surface area (Å²) in [5.41, 5.74) is 0.337. The Morgan fingerprint density at radius 2 is 2.36 bits per heavy atom. The van der Waals surface area contributed by atoms with Gasteiger partial charge in [-0.25, -0.2) is 9.18 Å². The van der Waals surface area contributed by atoms with Crippen molar-refractivity contribution in [2.24, 2.45) is 0 Å². The number of halogens is 1. The van der Waals surface area contributed by atoms with Crippen molar-refractivity contribution in [1.29, 1.82) is 0 Å². The smallest absolute Gasteiger partial charge is 0.414 e. The molecule has 1 atom stereocenters. The molecule has 0 radical (unpaired) electrons. The number of cyclic esters (lactones) is 1. The van der Waals surface area contributed by atoms with Crippen LogP contribution in [0.1, 0.15) is 6.92 Å². The Hall–Kier alpha value is -2.35. The standard InChI is InChI=1S/C14H17FN2O5/c1-9(19)16-7-11-8-17(14(20)22-11)10-2-3-13(12(15)6-10)21-5-4-18/h2-3,6,11,18H,4-5,7-8H2,1H3,(H,16,19)/t11-/m0/s1. The summed E-state index contributed by atoms with van der Waals surface area (Å²) < 4.78 is 24.0. The van der Waals surface area contributed by atoms with Crippen LogP contribution in [0.3, 0.4) is 0 Å². The molecule has 2 amide bonds. The van der Waals surface area contributed by atoms with Gasteiger partial charge in [0, 0.05) is 13.0 Å². The second kappa shape index (κ2) is 7.08. The molecule has 1 aliphatic heterocycles. The predicted octanol–water partition coefficient (Wildman–Crippen LogP) is 0.658. The maximum absolute atomic E-state index is 13.9. The molecule has 0 unspecified atom stereocenters. The molecule has 2 N–H and O–H groups in total. The van der Waals surface area contributed by atoms with Gasteiger partial charge in [-0.1, -0.05) is 0 Å². The first-order valence-corrected chi connectivity index (χ1v) is 6.77. The highest BCUT2D eigenvalue weighted by Crippen LogP contribution is 2.27. The van der Waals surface area contributed by atoms with Gasteiger partial charge in [0.2, 0.25) is 5.91 Å². The van der Waals surface area contributed by atoms with Gasteiger partial charge in [-0.2, -0.15) is 0 Å². The highest BCUT2D eigenvalue weighted by molar-refractivity contribution is 5.89. The summed E-state index contributed by atoms with van der Waals surface area (Å²) >= 11 is 0. The van der Waals surface area contributed by atoms with Crippen molar-refractivity contribution in [2.75, 3.05) is 31.2 Å². The Labute approximate surface area is 126 Å². The van der Waals surface area contributed by atoms with Crippen molar-refractivity contribution in [1.82, 2.24) is 5.32 Å². The molecule has 1 aromatic carbocycles. The van der Waals surface area contributed by atoms with Crippen LogP contribution in [-0.4, -0.2) is 49.5 Å². The molecule has 120 valence electrons. The second-order valence-electron chi connectivity index (χ2n) is 4.74. The van der Waals surface area contributed by atoms with E-state index < -0.39 is 18.0 Å². The third kappa shape index (κ3) is 3.85. The number of hydrogen-bond donors (Lipinski definition) is 2. The van der Waals surface area contributed by atoms with Crippen LogP contribution in [0.2, 0.25) is 0 Å². The van der Waals surface area contributed by atoms with E-state index >= 15 is 0 Å². The van der Waals surface area contributed by atoms with Gasteiger partial charge in [0.1, 0.15) is 12.7 Å². The van der Waals surface area contributed by atoms with Gasteiger partial charge < -0.3 is 19.9 Å². The lowest BCUT2D eigenvalue weighted by atomic mass is 10.2. The Morgan fingerprint density at radius 1 is 1.59 bits per heavy atom. The number of aliphatic hydroxyl groups is 1. The summed E-state index contributed by atoms with van der Waals surface area (Å²) in [4.78, 5) is 23.9. The molecule has 7 nitrogen and oxygen atoms in total. The SMILES string of the molecule is CC(=O)NC[C@H]1CN(c2ccc(OCCO)c(F)c2)C(=O)O1. The lowest BCUT2D eigenvalue weighted by molar-refractivity contribution is -0.119. The zero-order chi connectivity index (χ0) is 16.1. The molecule has 2 rings (SSSR count). The van der Waals surface area contributed by atoms with E-state index in [1.807, 2.05) is 0 Å². The Kier molecular flexibility index (Phi) is 5.16. The van der Waals surface area contributed by atoms with E-state index in [1.165, 1.54) is 24.0 Å².